The van der Waals surface area contributed by atoms with Gasteiger partial charge in [-0.1, -0.05) is 13.8 Å². The average molecular weight is 356 g/mol. The van der Waals surface area contributed by atoms with Crippen molar-refractivity contribution in [3.8, 4) is 0 Å². The van der Waals surface area contributed by atoms with E-state index in [0.29, 0.717) is 27.9 Å². The van der Waals surface area contributed by atoms with E-state index in [2.05, 4.69) is 19.9 Å². The fraction of sp³-hybridized carbons (Fsp3) is 0.300. The van der Waals surface area contributed by atoms with E-state index in [1.807, 2.05) is 12.3 Å². The van der Waals surface area contributed by atoms with Gasteiger partial charge in [0.25, 0.3) is 0 Å². The fourth-order valence-corrected chi connectivity index (χ4v) is 3.38. The van der Waals surface area contributed by atoms with Crippen LogP contribution in [0, 0.1) is 5.92 Å². The lowest BCUT2D eigenvalue weighted by Crippen LogP contribution is -2.06. The van der Waals surface area contributed by atoms with Crippen molar-refractivity contribution in [1.29, 1.82) is 0 Å². The minimum absolute atomic E-state index is 0.0835. The highest BCUT2D eigenvalue weighted by molar-refractivity contribution is 7.98. The molecule has 0 aliphatic rings. The molecule has 1 heterocycles. The van der Waals surface area contributed by atoms with Crippen molar-refractivity contribution < 1.29 is 14.3 Å². The van der Waals surface area contributed by atoms with Crippen LogP contribution in [-0.4, -0.2) is 17.3 Å². The van der Waals surface area contributed by atoms with Crippen molar-refractivity contribution in [3.05, 3.63) is 51.7 Å². The van der Waals surface area contributed by atoms with Gasteiger partial charge in [0.1, 0.15) is 11.2 Å². The maximum atomic E-state index is 13.0. The van der Waals surface area contributed by atoms with Crippen LogP contribution in [0.15, 0.2) is 44.4 Å². The number of fused-ring (bicyclic) bond motifs is 2. The van der Waals surface area contributed by atoms with E-state index >= 15 is 0 Å². The topological polar surface area (TPSA) is 67.5 Å². The predicted octanol–water partition coefficient (Wildman–Crippen LogP) is 4.95. The summed E-state index contributed by atoms with van der Waals surface area (Å²) in [5, 5.41) is 9.98. The second-order valence-corrected chi connectivity index (χ2v) is 7.42. The normalized spacial score (nSPS) is 11.5. The fourth-order valence-electron chi connectivity index (χ4n) is 2.88. The highest BCUT2D eigenvalue weighted by Crippen LogP contribution is 2.29. The van der Waals surface area contributed by atoms with Crippen LogP contribution in [0.2, 0.25) is 0 Å². The molecule has 3 rings (SSSR count). The highest BCUT2D eigenvalue weighted by Gasteiger charge is 2.15. The van der Waals surface area contributed by atoms with Gasteiger partial charge in [0.2, 0.25) is 5.43 Å². The van der Waals surface area contributed by atoms with Gasteiger partial charge in [-0.2, -0.15) is 0 Å². The summed E-state index contributed by atoms with van der Waals surface area (Å²) in [5.74, 6) is -0.504. The first-order valence-corrected chi connectivity index (χ1v) is 9.44. The Morgan fingerprint density at radius 2 is 1.96 bits per heavy atom. The molecule has 25 heavy (non-hydrogen) atoms. The van der Waals surface area contributed by atoms with Gasteiger partial charge >= 0.3 is 5.97 Å². The molecule has 0 radical (unpaired) electrons. The number of thioether (sulfide) groups is 1. The Kier molecular flexibility index (Phi) is 4.86. The van der Waals surface area contributed by atoms with Crippen LogP contribution in [0.25, 0.3) is 21.9 Å². The van der Waals surface area contributed by atoms with Gasteiger partial charge in [-0.3, -0.25) is 4.79 Å². The molecule has 0 fully saturated rings. The molecule has 2 aromatic carbocycles. The van der Waals surface area contributed by atoms with Gasteiger partial charge in [-0.05, 0) is 60.9 Å². The average Bonchev–Trinajstić information content (AvgIpc) is 2.59. The molecule has 0 unspecified atom stereocenters. The van der Waals surface area contributed by atoms with Crippen molar-refractivity contribution >= 4 is 39.7 Å². The summed E-state index contributed by atoms with van der Waals surface area (Å²) in [4.78, 5) is 25.2. The molecule has 0 aliphatic carbocycles. The smallest absolute Gasteiger partial charge is 0.335 e. The number of benzene rings is 2. The molecule has 4 nitrogen and oxygen atoms in total. The minimum Gasteiger partial charge on any atom is -0.478 e. The van der Waals surface area contributed by atoms with E-state index in [1.54, 1.807) is 17.8 Å². The number of hydrogen-bond acceptors (Lipinski definition) is 4. The van der Waals surface area contributed by atoms with Crippen molar-refractivity contribution in [3.63, 3.8) is 0 Å². The van der Waals surface area contributed by atoms with E-state index in [9.17, 15) is 9.59 Å². The molecule has 130 valence electrons. The minimum atomic E-state index is -1.06. The van der Waals surface area contributed by atoms with Gasteiger partial charge in [0, 0.05) is 4.90 Å². The first-order valence-electron chi connectivity index (χ1n) is 8.21. The Bertz CT molecular complexity index is 1020. The number of aryl methyl sites for hydroxylation is 1. The molecule has 1 N–H and O–H groups in total. The van der Waals surface area contributed by atoms with Crippen molar-refractivity contribution in [2.75, 3.05) is 6.26 Å². The third-order valence-corrected chi connectivity index (χ3v) is 5.00. The Balaban J connectivity index is 2.31. The molecular formula is C20H20O4S. The molecule has 0 spiro atoms. The van der Waals surface area contributed by atoms with Crippen LogP contribution in [0.5, 0.6) is 0 Å². The van der Waals surface area contributed by atoms with Crippen LogP contribution < -0.4 is 5.43 Å². The lowest BCUT2D eigenvalue weighted by molar-refractivity contribution is 0.0697. The lowest BCUT2D eigenvalue weighted by atomic mass is 10.00. The van der Waals surface area contributed by atoms with E-state index in [0.717, 1.165) is 23.3 Å². The number of carbonyl (C=O) groups is 1. The summed E-state index contributed by atoms with van der Waals surface area (Å²) in [7, 11) is 0. The molecular weight excluding hydrogens is 336 g/mol. The first kappa shape index (κ1) is 17.5. The van der Waals surface area contributed by atoms with Gasteiger partial charge in [0.15, 0.2) is 0 Å². The third-order valence-electron chi connectivity index (χ3n) is 4.29. The molecule has 0 atom stereocenters. The number of carboxylic acids is 1. The standard InChI is InChI=1S/C20H20O4S/c1-11(2)4-5-12-8-14(25-3)10-16-18(21)15-9-13(20(22)23)6-7-17(15)24-19(12)16/h6-11H,4-5H2,1-3H3,(H,22,23). The molecule has 0 aliphatic heterocycles. The van der Waals surface area contributed by atoms with Gasteiger partial charge < -0.3 is 9.52 Å². The summed E-state index contributed by atoms with van der Waals surface area (Å²) in [6.45, 7) is 4.33. The van der Waals surface area contributed by atoms with Gasteiger partial charge in [-0.25, -0.2) is 4.79 Å². The quantitative estimate of drug-likeness (QED) is 0.517. The lowest BCUT2D eigenvalue weighted by Gasteiger charge is -2.11. The molecule has 1 aromatic heterocycles. The highest BCUT2D eigenvalue weighted by atomic mass is 32.2. The molecule has 0 amide bonds. The summed E-state index contributed by atoms with van der Waals surface area (Å²) < 4.78 is 6.02. The van der Waals surface area contributed by atoms with E-state index < -0.39 is 5.97 Å². The Labute approximate surface area is 149 Å². The number of aromatic carboxylic acids is 1. The van der Waals surface area contributed by atoms with Crippen LogP contribution in [-0.2, 0) is 6.42 Å². The second kappa shape index (κ2) is 6.92. The maximum Gasteiger partial charge on any atom is 0.335 e. The van der Waals surface area contributed by atoms with Crippen LogP contribution in [0.3, 0.4) is 0 Å². The van der Waals surface area contributed by atoms with Crippen LogP contribution in [0.4, 0.5) is 0 Å². The zero-order valence-electron chi connectivity index (χ0n) is 14.5. The molecule has 0 bridgehead atoms. The predicted molar refractivity (Wildman–Crippen MR) is 102 cm³/mol. The van der Waals surface area contributed by atoms with Crippen LogP contribution in [0.1, 0.15) is 36.2 Å². The zero-order chi connectivity index (χ0) is 18.1. The monoisotopic (exact) mass is 356 g/mol. The number of hydrogen-bond donors (Lipinski definition) is 1. The molecule has 3 aromatic rings. The van der Waals surface area contributed by atoms with Crippen LogP contribution >= 0.6 is 11.8 Å². The third kappa shape index (κ3) is 3.42. The van der Waals surface area contributed by atoms with Crippen molar-refractivity contribution in [2.45, 2.75) is 31.6 Å². The SMILES string of the molecule is CSc1cc(CCC(C)C)c2oc3ccc(C(=O)O)cc3c(=O)c2c1. The van der Waals surface area contributed by atoms with Gasteiger partial charge in [0.05, 0.1) is 16.3 Å². The Morgan fingerprint density at radius 1 is 1.20 bits per heavy atom. The summed E-state index contributed by atoms with van der Waals surface area (Å²) in [5.41, 5.74) is 1.96. The summed E-state index contributed by atoms with van der Waals surface area (Å²) in [6.07, 6.45) is 3.81. The zero-order valence-corrected chi connectivity index (χ0v) is 15.3. The summed E-state index contributed by atoms with van der Waals surface area (Å²) >= 11 is 1.58. The van der Waals surface area contributed by atoms with Crippen molar-refractivity contribution in [1.82, 2.24) is 0 Å². The first-order chi connectivity index (χ1) is 11.9. The molecule has 5 heteroatoms. The number of rotatable bonds is 5. The number of carboxylic acid groups (broad SMARTS) is 1. The van der Waals surface area contributed by atoms with Crippen molar-refractivity contribution in [2.24, 2.45) is 5.92 Å². The Hall–Kier alpha value is -2.27. The summed E-state index contributed by atoms with van der Waals surface area (Å²) in [6, 6.07) is 8.33. The largest absolute Gasteiger partial charge is 0.478 e. The van der Waals surface area contributed by atoms with E-state index in [1.165, 1.54) is 12.1 Å². The molecule has 0 saturated heterocycles. The van der Waals surface area contributed by atoms with Gasteiger partial charge in [-0.15, -0.1) is 11.8 Å². The Morgan fingerprint density at radius 3 is 2.60 bits per heavy atom. The van der Waals surface area contributed by atoms with E-state index in [-0.39, 0.29) is 11.0 Å². The van der Waals surface area contributed by atoms with E-state index in [4.69, 9.17) is 9.52 Å². The molecule has 0 saturated carbocycles. The second-order valence-electron chi connectivity index (χ2n) is 6.54. The maximum absolute atomic E-state index is 13.0.